The number of fused-ring (bicyclic) bond motifs is 1. The number of nitrogens with zero attached hydrogens (tertiary/aromatic N) is 1. The van der Waals surface area contributed by atoms with E-state index in [1.807, 2.05) is 0 Å². The normalized spacial score (nSPS) is 10.6. The summed E-state index contributed by atoms with van der Waals surface area (Å²) in [4.78, 5) is 16.8. The van der Waals surface area contributed by atoms with Crippen LogP contribution in [0.2, 0.25) is 0 Å². The molecule has 0 spiro atoms. The second kappa shape index (κ2) is 6.72. The number of ether oxygens (including phenoxy) is 4. The molecular formula is C18H17NO6. The van der Waals surface area contributed by atoms with Crippen LogP contribution in [0.1, 0.15) is 0 Å². The van der Waals surface area contributed by atoms with Gasteiger partial charge in [-0.05, 0) is 18.2 Å². The molecule has 0 saturated carbocycles. The zero-order valence-electron chi connectivity index (χ0n) is 14.3. The molecule has 25 heavy (non-hydrogen) atoms. The maximum atomic E-state index is 12.4. The highest BCUT2D eigenvalue weighted by atomic mass is 16.5. The van der Waals surface area contributed by atoms with Crippen LogP contribution >= 0.6 is 0 Å². The Morgan fingerprint density at radius 3 is 2.04 bits per heavy atom. The van der Waals surface area contributed by atoms with Gasteiger partial charge in [0.05, 0.1) is 39.3 Å². The average Bonchev–Trinajstić information content (AvgIpc) is 2.66. The third-order valence-electron chi connectivity index (χ3n) is 3.76. The van der Waals surface area contributed by atoms with Gasteiger partial charge < -0.3 is 23.4 Å². The molecule has 1 heterocycles. The van der Waals surface area contributed by atoms with Crippen LogP contribution in [-0.2, 0) is 0 Å². The Morgan fingerprint density at radius 1 is 0.800 bits per heavy atom. The fourth-order valence-electron chi connectivity index (χ4n) is 2.49. The Hall–Kier alpha value is -3.22. The Morgan fingerprint density at radius 2 is 1.40 bits per heavy atom. The number of hydrogen-bond acceptors (Lipinski definition) is 7. The molecule has 3 aromatic rings. The van der Waals surface area contributed by atoms with Crippen LogP contribution in [0.5, 0.6) is 23.0 Å². The molecule has 1 aromatic heterocycles. The van der Waals surface area contributed by atoms with Gasteiger partial charge in [-0.15, -0.1) is 0 Å². The quantitative estimate of drug-likeness (QED) is 0.704. The summed E-state index contributed by atoms with van der Waals surface area (Å²) in [5.74, 6) is 2.16. The highest BCUT2D eigenvalue weighted by molar-refractivity contribution is 5.82. The Bertz CT molecular complexity index is 979. The van der Waals surface area contributed by atoms with Gasteiger partial charge in [0.15, 0.2) is 23.0 Å². The first-order chi connectivity index (χ1) is 12.1. The van der Waals surface area contributed by atoms with Crippen LogP contribution in [-0.4, -0.2) is 33.4 Å². The molecule has 0 radical (unpaired) electrons. The van der Waals surface area contributed by atoms with Crippen LogP contribution in [0.4, 0.5) is 0 Å². The SMILES string of the molecule is COc1ccc(-c2nc3cc(OC)c(OC)cc3c(=O)o2)cc1OC. The van der Waals surface area contributed by atoms with E-state index in [0.29, 0.717) is 39.5 Å². The van der Waals surface area contributed by atoms with Gasteiger partial charge in [0.2, 0.25) is 5.89 Å². The first kappa shape index (κ1) is 16.6. The lowest BCUT2D eigenvalue weighted by atomic mass is 10.2. The van der Waals surface area contributed by atoms with Crippen LogP contribution in [0.25, 0.3) is 22.4 Å². The van der Waals surface area contributed by atoms with E-state index >= 15 is 0 Å². The Labute approximate surface area is 143 Å². The molecule has 0 aliphatic carbocycles. The molecule has 0 N–H and O–H groups in total. The molecule has 130 valence electrons. The maximum absolute atomic E-state index is 12.4. The lowest BCUT2D eigenvalue weighted by Crippen LogP contribution is -2.04. The van der Waals surface area contributed by atoms with Crippen molar-refractivity contribution < 1.29 is 23.4 Å². The summed E-state index contributed by atoms with van der Waals surface area (Å²) in [5, 5.41) is 0.307. The van der Waals surface area contributed by atoms with Crippen molar-refractivity contribution in [2.45, 2.75) is 0 Å². The van der Waals surface area contributed by atoms with E-state index in [4.69, 9.17) is 23.4 Å². The van der Waals surface area contributed by atoms with Crippen LogP contribution in [0.3, 0.4) is 0 Å². The Balaban J connectivity index is 2.19. The third-order valence-corrected chi connectivity index (χ3v) is 3.76. The summed E-state index contributed by atoms with van der Waals surface area (Å²) in [7, 11) is 6.09. The molecule has 0 amide bonds. The highest BCUT2D eigenvalue weighted by Gasteiger charge is 2.15. The van der Waals surface area contributed by atoms with Crippen molar-refractivity contribution in [2.75, 3.05) is 28.4 Å². The van der Waals surface area contributed by atoms with Gasteiger partial charge in [0, 0.05) is 17.7 Å². The zero-order chi connectivity index (χ0) is 18.0. The largest absolute Gasteiger partial charge is 0.493 e. The third kappa shape index (κ3) is 2.96. The van der Waals surface area contributed by atoms with E-state index in [-0.39, 0.29) is 5.89 Å². The van der Waals surface area contributed by atoms with Crippen LogP contribution in [0.15, 0.2) is 39.5 Å². The molecule has 7 heteroatoms. The number of methoxy groups -OCH3 is 4. The van der Waals surface area contributed by atoms with Gasteiger partial charge >= 0.3 is 5.63 Å². The topological polar surface area (TPSA) is 80.0 Å². The van der Waals surface area contributed by atoms with Gasteiger partial charge in [-0.3, -0.25) is 0 Å². The molecule has 0 unspecified atom stereocenters. The van der Waals surface area contributed by atoms with Crippen molar-refractivity contribution >= 4 is 10.9 Å². The summed E-state index contributed by atoms with van der Waals surface area (Å²) >= 11 is 0. The fraction of sp³-hybridized carbons (Fsp3) is 0.222. The van der Waals surface area contributed by atoms with E-state index in [0.717, 1.165) is 0 Å². The minimum absolute atomic E-state index is 0.172. The summed E-state index contributed by atoms with van der Waals surface area (Å²) in [5.41, 5.74) is 0.515. The number of aromatic nitrogens is 1. The fourth-order valence-corrected chi connectivity index (χ4v) is 2.49. The predicted octanol–water partition coefficient (Wildman–Crippen LogP) is 2.89. The van der Waals surface area contributed by atoms with Crippen molar-refractivity contribution in [1.29, 1.82) is 0 Å². The number of rotatable bonds is 5. The first-order valence-corrected chi connectivity index (χ1v) is 7.40. The average molecular weight is 343 g/mol. The first-order valence-electron chi connectivity index (χ1n) is 7.40. The van der Waals surface area contributed by atoms with Crippen molar-refractivity contribution in [3.05, 3.63) is 40.8 Å². The smallest absolute Gasteiger partial charge is 0.347 e. The summed E-state index contributed by atoms with van der Waals surface area (Å²) in [6.45, 7) is 0. The number of benzene rings is 2. The summed E-state index contributed by atoms with van der Waals surface area (Å²) in [6, 6.07) is 8.32. The van der Waals surface area contributed by atoms with Gasteiger partial charge in [0.25, 0.3) is 0 Å². The molecule has 7 nitrogen and oxygen atoms in total. The van der Waals surface area contributed by atoms with Gasteiger partial charge in [-0.25, -0.2) is 9.78 Å². The molecule has 3 rings (SSSR count). The minimum atomic E-state index is -0.518. The predicted molar refractivity (Wildman–Crippen MR) is 91.9 cm³/mol. The van der Waals surface area contributed by atoms with Gasteiger partial charge in [-0.1, -0.05) is 0 Å². The van der Waals surface area contributed by atoms with E-state index in [2.05, 4.69) is 4.98 Å². The summed E-state index contributed by atoms with van der Waals surface area (Å²) in [6.07, 6.45) is 0. The molecule has 0 saturated heterocycles. The molecule has 2 aromatic carbocycles. The van der Waals surface area contributed by atoms with E-state index in [9.17, 15) is 4.79 Å². The van der Waals surface area contributed by atoms with E-state index in [1.54, 1.807) is 37.4 Å². The molecule has 0 bridgehead atoms. The van der Waals surface area contributed by atoms with Crippen molar-refractivity contribution in [2.24, 2.45) is 0 Å². The van der Waals surface area contributed by atoms with E-state index in [1.165, 1.54) is 21.3 Å². The Kier molecular flexibility index (Phi) is 4.47. The lowest BCUT2D eigenvalue weighted by molar-refractivity contribution is 0.355. The second-order valence-electron chi connectivity index (χ2n) is 5.10. The van der Waals surface area contributed by atoms with Crippen LogP contribution in [0, 0.1) is 0 Å². The molecule has 0 atom stereocenters. The molecular weight excluding hydrogens is 326 g/mol. The summed E-state index contributed by atoms with van der Waals surface area (Å²) < 4.78 is 26.3. The van der Waals surface area contributed by atoms with Crippen LogP contribution < -0.4 is 24.6 Å². The minimum Gasteiger partial charge on any atom is -0.493 e. The second-order valence-corrected chi connectivity index (χ2v) is 5.10. The number of hydrogen-bond donors (Lipinski definition) is 0. The molecule has 0 aliphatic rings. The highest BCUT2D eigenvalue weighted by Crippen LogP contribution is 2.33. The monoisotopic (exact) mass is 343 g/mol. The zero-order valence-corrected chi connectivity index (χ0v) is 14.3. The van der Waals surface area contributed by atoms with E-state index < -0.39 is 5.63 Å². The van der Waals surface area contributed by atoms with Crippen molar-refractivity contribution in [1.82, 2.24) is 4.98 Å². The lowest BCUT2D eigenvalue weighted by Gasteiger charge is -2.10. The van der Waals surface area contributed by atoms with Gasteiger partial charge in [-0.2, -0.15) is 0 Å². The standard InChI is InChI=1S/C18H17NO6/c1-21-13-6-5-10(7-14(13)22-2)17-19-12-9-16(24-4)15(23-3)8-11(12)18(20)25-17/h5-9H,1-4H3. The van der Waals surface area contributed by atoms with Crippen molar-refractivity contribution in [3.8, 4) is 34.5 Å². The molecule has 0 fully saturated rings. The molecule has 0 aliphatic heterocycles. The van der Waals surface area contributed by atoms with Gasteiger partial charge in [0.1, 0.15) is 0 Å². The van der Waals surface area contributed by atoms with Crippen molar-refractivity contribution in [3.63, 3.8) is 0 Å². The maximum Gasteiger partial charge on any atom is 0.347 e.